The quantitative estimate of drug-likeness (QED) is 0.837. The molecule has 1 aromatic rings. The van der Waals surface area contributed by atoms with Gasteiger partial charge in [-0.05, 0) is 36.5 Å². The van der Waals surface area contributed by atoms with Crippen molar-refractivity contribution in [1.82, 2.24) is 10.6 Å². The summed E-state index contributed by atoms with van der Waals surface area (Å²) in [5.41, 5.74) is 1.66. The number of aryl methyl sites for hydroxylation is 1. The van der Waals surface area contributed by atoms with Crippen LogP contribution in [0.3, 0.4) is 0 Å². The normalized spacial score (nSPS) is 29.9. The summed E-state index contributed by atoms with van der Waals surface area (Å²) in [7, 11) is 0. The number of fused-ring (bicyclic) bond motifs is 1. The van der Waals surface area contributed by atoms with Crippen molar-refractivity contribution in [3.8, 4) is 0 Å². The average molecular weight is 251 g/mol. The Morgan fingerprint density at radius 2 is 2.12 bits per heavy atom. The molecule has 3 nitrogen and oxygen atoms in total. The summed E-state index contributed by atoms with van der Waals surface area (Å²) in [4.78, 5) is 12.1. The Morgan fingerprint density at radius 1 is 1.41 bits per heavy atom. The van der Waals surface area contributed by atoms with E-state index in [0.29, 0.717) is 28.5 Å². The fraction of sp³-hybridized carbons (Fsp3) is 0.462. The van der Waals surface area contributed by atoms with Gasteiger partial charge in [-0.25, -0.2) is 0 Å². The predicted octanol–water partition coefficient (Wildman–Crippen LogP) is 1.60. The van der Waals surface area contributed by atoms with Gasteiger partial charge in [-0.3, -0.25) is 4.79 Å². The third-order valence-corrected chi connectivity index (χ3v) is 4.07. The number of amides is 1. The molecule has 1 aliphatic heterocycles. The fourth-order valence-corrected chi connectivity index (χ4v) is 2.87. The van der Waals surface area contributed by atoms with E-state index in [9.17, 15) is 4.79 Å². The van der Waals surface area contributed by atoms with Gasteiger partial charge in [0.2, 0.25) is 0 Å². The van der Waals surface area contributed by atoms with Crippen LogP contribution in [0.15, 0.2) is 18.2 Å². The van der Waals surface area contributed by atoms with Crippen LogP contribution in [0.1, 0.15) is 15.9 Å². The number of carbonyl (C=O) groups excluding carboxylic acids is 1. The number of carbonyl (C=O) groups is 1. The van der Waals surface area contributed by atoms with Gasteiger partial charge in [-0.15, -0.1) is 0 Å². The molecule has 3 rings (SSSR count). The van der Waals surface area contributed by atoms with Crippen LogP contribution in [0.5, 0.6) is 0 Å². The first-order valence-electron chi connectivity index (χ1n) is 5.94. The van der Waals surface area contributed by atoms with Crippen LogP contribution in [0.25, 0.3) is 0 Å². The molecule has 2 aliphatic rings. The van der Waals surface area contributed by atoms with E-state index >= 15 is 0 Å². The van der Waals surface area contributed by atoms with E-state index in [1.54, 1.807) is 6.07 Å². The predicted molar refractivity (Wildman–Crippen MR) is 67.3 cm³/mol. The summed E-state index contributed by atoms with van der Waals surface area (Å²) < 4.78 is 0. The highest BCUT2D eigenvalue weighted by molar-refractivity contribution is 6.31. The zero-order valence-electron chi connectivity index (χ0n) is 9.66. The monoisotopic (exact) mass is 250 g/mol. The maximum absolute atomic E-state index is 12.1. The smallest absolute Gasteiger partial charge is 0.251 e. The van der Waals surface area contributed by atoms with Crippen LogP contribution in [0, 0.1) is 18.8 Å². The minimum atomic E-state index is 0.00407. The third-order valence-electron chi connectivity index (χ3n) is 3.83. The Morgan fingerprint density at radius 3 is 2.82 bits per heavy atom. The number of halogens is 1. The van der Waals surface area contributed by atoms with Crippen LogP contribution in [-0.2, 0) is 0 Å². The van der Waals surface area contributed by atoms with E-state index in [4.69, 9.17) is 11.6 Å². The number of piperidine rings is 1. The van der Waals surface area contributed by atoms with Crippen LogP contribution in [0.2, 0.25) is 5.02 Å². The fourth-order valence-electron chi connectivity index (χ4n) is 2.70. The van der Waals surface area contributed by atoms with Gasteiger partial charge in [0, 0.05) is 29.7 Å². The molecule has 0 spiro atoms. The molecule has 17 heavy (non-hydrogen) atoms. The lowest BCUT2D eigenvalue weighted by molar-refractivity contribution is 0.0946. The molecule has 0 bridgehead atoms. The highest BCUT2D eigenvalue weighted by Gasteiger charge is 2.53. The number of rotatable bonds is 2. The average Bonchev–Trinajstić information content (AvgIpc) is 2.76. The van der Waals surface area contributed by atoms with Crippen molar-refractivity contribution in [2.75, 3.05) is 13.1 Å². The van der Waals surface area contributed by atoms with E-state index in [0.717, 1.165) is 18.7 Å². The van der Waals surface area contributed by atoms with Crippen molar-refractivity contribution in [2.24, 2.45) is 11.8 Å². The Kier molecular flexibility index (Phi) is 2.60. The minimum absolute atomic E-state index is 0.00407. The zero-order valence-corrected chi connectivity index (χ0v) is 10.4. The lowest BCUT2D eigenvalue weighted by Crippen LogP contribution is -2.32. The topological polar surface area (TPSA) is 41.1 Å². The second-order valence-electron chi connectivity index (χ2n) is 4.94. The van der Waals surface area contributed by atoms with Crippen molar-refractivity contribution >= 4 is 17.5 Å². The first-order chi connectivity index (χ1) is 8.16. The summed E-state index contributed by atoms with van der Waals surface area (Å²) >= 11 is 5.92. The summed E-state index contributed by atoms with van der Waals surface area (Å²) in [6.45, 7) is 3.99. The summed E-state index contributed by atoms with van der Waals surface area (Å²) in [5, 5.41) is 7.03. The molecule has 1 heterocycles. The maximum Gasteiger partial charge on any atom is 0.251 e. The second kappa shape index (κ2) is 4.00. The lowest BCUT2D eigenvalue weighted by Gasteiger charge is -2.10. The Bertz CT molecular complexity index is 464. The van der Waals surface area contributed by atoms with Crippen molar-refractivity contribution < 1.29 is 4.79 Å². The number of benzene rings is 1. The molecule has 1 amide bonds. The molecule has 0 radical (unpaired) electrons. The van der Waals surface area contributed by atoms with Gasteiger partial charge in [-0.2, -0.15) is 0 Å². The SMILES string of the molecule is Cc1ccc(Cl)cc1C(=O)NC1C2CNCC21. The number of nitrogens with one attached hydrogen (secondary N) is 2. The van der Waals surface area contributed by atoms with E-state index < -0.39 is 0 Å². The molecular formula is C13H15ClN2O. The molecule has 0 aromatic heterocycles. The second-order valence-corrected chi connectivity index (χ2v) is 5.38. The van der Waals surface area contributed by atoms with Gasteiger partial charge >= 0.3 is 0 Å². The van der Waals surface area contributed by atoms with Crippen LogP contribution >= 0.6 is 11.6 Å². The standard InChI is InChI=1S/C13H15ClN2O/c1-7-2-3-8(14)4-9(7)13(17)16-12-10-5-15-6-11(10)12/h2-4,10-12,15H,5-6H2,1H3,(H,16,17). The van der Waals surface area contributed by atoms with E-state index in [-0.39, 0.29) is 5.91 Å². The Labute approximate surface area is 106 Å². The van der Waals surface area contributed by atoms with E-state index in [1.807, 2.05) is 19.1 Å². The third kappa shape index (κ3) is 1.94. The molecule has 2 unspecified atom stereocenters. The first kappa shape index (κ1) is 11.1. The van der Waals surface area contributed by atoms with Crippen molar-refractivity contribution in [3.63, 3.8) is 0 Å². The van der Waals surface area contributed by atoms with Crippen LogP contribution in [0.4, 0.5) is 0 Å². The Balaban J connectivity index is 1.72. The van der Waals surface area contributed by atoms with Crippen LogP contribution < -0.4 is 10.6 Å². The highest BCUT2D eigenvalue weighted by Crippen LogP contribution is 2.41. The van der Waals surface area contributed by atoms with Gasteiger partial charge in [0.05, 0.1) is 0 Å². The molecule has 1 aromatic carbocycles. The number of hydrogen-bond acceptors (Lipinski definition) is 2. The molecule has 1 saturated heterocycles. The van der Waals surface area contributed by atoms with Gasteiger partial charge in [0.25, 0.3) is 5.91 Å². The molecule has 4 heteroatoms. The summed E-state index contributed by atoms with van der Waals surface area (Å²) in [6, 6.07) is 5.79. The van der Waals surface area contributed by atoms with Gasteiger partial charge in [0.15, 0.2) is 0 Å². The highest BCUT2D eigenvalue weighted by atomic mass is 35.5. The lowest BCUT2D eigenvalue weighted by atomic mass is 10.1. The molecule has 2 atom stereocenters. The molecule has 1 aliphatic carbocycles. The molecule has 2 N–H and O–H groups in total. The van der Waals surface area contributed by atoms with Crippen LogP contribution in [-0.4, -0.2) is 25.0 Å². The first-order valence-corrected chi connectivity index (χ1v) is 6.32. The van der Waals surface area contributed by atoms with Gasteiger partial charge < -0.3 is 10.6 Å². The van der Waals surface area contributed by atoms with Gasteiger partial charge in [-0.1, -0.05) is 17.7 Å². The molecule has 1 saturated carbocycles. The van der Waals surface area contributed by atoms with Crippen molar-refractivity contribution in [3.05, 3.63) is 34.3 Å². The maximum atomic E-state index is 12.1. The molecular weight excluding hydrogens is 236 g/mol. The van der Waals surface area contributed by atoms with Gasteiger partial charge in [0.1, 0.15) is 0 Å². The van der Waals surface area contributed by atoms with E-state index in [2.05, 4.69) is 10.6 Å². The molecule has 2 fully saturated rings. The van der Waals surface area contributed by atoms with Crippen molar-refractivity contribution in [2.45, 2.75) is 13.0 Å². The summed E-state index contributed by atoms with van der Waals surface area (Å²) in [5.74, 6) is 1.28. The zero-order chi connectivity index (χ0) is 12.0. The summed E-state index contributed by atoms with van der Waals surface area (Å²) in [6.07, 6.45) is 0. The van der Waals surface area contributed by atoms with E-state index in [1.165, 1.54) is 0 Å². The Hall–Kier alpha value is -1.06. The minimum Gasteiger partial charge on any atom is -0.349 e. The van der Waals surface area contributed by atoms with Crippen molar-refractivity contribution in [1.29, 1.82) is 0 Å². The molecule has 90 valence electrons. The number of hydrogen-bond donors (Lipinski definition) is 2. The largest absolute Gasteiger partial charge is 0.349 e.